The van der Waals surface area contributed by atoms with Crippen molar-refractivity contribution in [2.45, 2.75) is 78.1 Å². The topological polar surface area (TPSA) is 78.9 Å². The molecule has 0 bridgehead atoms. The van der Waals surface area contributed by atoms with Crippen LogP contribution in [0.5, 0.6) is 0 Å². The Bertz CT molecular complexity index is 506. The van der Waals surface area contributed by atoms with E-state index in [1.807, 2.05) is 0 Å². The van der Waals surface area contributed by atoms with Gasteiger partial charge in [0.2, 0.25) is 0 Å². The van der Waals surface area contributed by atoms with Gasteiger partial charge in [-0.15, -0.1) is 0 Å². The molecule has 1 rings (SSSR count). The van der Waals surface area contributed by atoms with Crippen molar-refractivity contribution < 1.29 is 9.90 Å². The Morgan fingerprint density at radius 3 is 2.28 bits per heavy atom. The van der Waals surface area contributed by atoms with Crippen molar-refractivity contribution in [1.82, 2.24) is 4.90 Å². The van der Waals surface area contributed by atoms with Gasteiger partial charge in [0, 0.05) is 33.0 Å². The molecule has 0 aliphatic carbocycles. The zero-order valence-corrected chi connectivity index (χ0v) is 18.7. The van der Waals surface area contributed by atoms with Gasteiger partial charge in [-0.1, -0.05) is 62.6 Å². The first kappa shape index (κ1) is 27.1. The number of hydrogen-bond acceptors (Lipinski definition) is 4. The highest BCUT2D eigenvalue weighted by molar-refractivity contribution is 5.83. The molecule has 0 atom stereocenters. The number of nitrogens with two attached hydrogens (primary N) is 1. The fourth-order valence-electron chi connectivity index (χ4n) is 3.06. The smallest absolute Gasteiger partial charge is 0.300 e. The molecule has 1 aliphatic heterocycles. The Balaban J connectivity index is 0.00000178. The van der Waals surface area contributed by atoms with Crippen LogP contribution in [0.25, 0.3) is 0 Å². The van der Waals surface area contributed by atoms with Gasteiger partial charge in [-0.25, -0.2) is 0 Å². The van der Waals surface area contributed by atoms with Crippen LogP contribution in [0.2, 0.25) is 0 Å². The van der Waals surface area contributed by atoms with Crippen molar-refractivity contribution in [1.29, 1.82) is 0 Å². The highest BCUT2D eigenvalue weighted by Crippen LogP contribution is 2.12. The lowest BCUT2D eigenvalue weighted by molar-refractivity contribution is -0.134. The Labute approximate surface area is 178 Å². The minimum atomic E-state index is -0.833. The highest BCUT2D eigenvalue weighted by Gasteiger charge is 2.14. The molecule has 0 aromatic carbocycles. The maximum atomic E-state index is 9.00. The Hall–Kier alpha value is -1.88. The number of unbranched alkanes of at least 4 members (excludes halogenated alkanes) is 5. The van der Waals surface area contributed by atoms with Crippen molar-refractivity contribution >= 4 is 11.8 Å². The van der Waals surface area contributed by atoms with E-state index < -0.39 is 5.97 Å². The van der Waals surface area contributed by atoms with Crippen LogP contribution in [-0.2, 0) is 4.79 Å². The summed E-state index contributed by atoms with van der Waals surface area (Å²) in [5.41, 5.74) is 5.65. The Kier molecular flexibility index (Phi) is 19.5. The molecule has 0 spiro atoms. The summed E-state index contributed by atoms with van der Waals surface area (Å²) in [5.74, 6) is 0.464. The Morgan fingerprint density at radius 2 is 1.62 bits per heavy atom. The van der Waals surface area contributed by atoms with Crippen LogP contribution >= 0.6 is 0 Å². The third-order valence-corrected chi connectivity index (χ3v) is 4.48. The lowest BCUT2D eigenvalue weighted by Crippen LogP contribution is -2.32. The van der Waals surface area contributed by atoms with Crippen molar-refractivity contribution in [2.75, 3.05) is 26.2 Å². The number of aliphatic carboxylic acids is 1. The summed E-state index contributed by atoms with van der Waals surface area (Å²) in [7, 11) is 0. The zero-order valence-electron chi connectivity index (χ0n) is 18.7. The second-order valence-corrected chi connectivity index (χ2v) is 7.19. The molecule has 0 fully saturated rings. The van der Waals surface area contributed by atoms with Gasteiger partial charge in [-0.3, -0.25) is 9.79 Å². The van der Waals surface area contributed by atoms with Crippen LogP contribution in [0.4, 0.5) is 0 Å². The van der Waals surface area contributed by atoms with Crippen LogP contribution in [-0.4, -0.2) is 48.0 Å². The normalized spacial score (nSPS) is 14.0. The van der Waals surface area contributed by atoms with E-state index in [1.165, 1.54) is 44.4 Å². The standard InChI is InChI=1S/C22H39N3.C2H4O2/c1-2-3-4-5-6-7-8-9-10-11-12-13-14-15-16-17-22-24-19-21-25(22)20-18-23;1-2(3)4/h3-4,6-7,9-10H,2,5,8,11-21,23H2,1H3;1H3,(H,3,4). The number of nitrogens with zero attached hydrogens (tertiary/aromatic N) is 2. The van der Waals surface area contributed by atoms with Gasteiger partial charge in [0.05, 0.1) is 12.4 Å². The highest BCUT2D eigenvalue weighted by atomic mass is 16.4. The first-order chi connectivity index (χ1) is 14.1. The van der Waals surface area contributed by atoms with Gasteiger partial charge in [-0.2, -0.15) is 0 Å². The maximum Gasteiger partial charge on any atom is 0.300 e. The fourth-order valence-corrected chi connectivity index (χ4v) is 3.06. The number of aliphatic imine (C=N–C) groups is 1. The van der Waals surface area contributed by atoms with Crippen LogP contribution in [0.15, 0.2) is 41.4 Å². The average molecular weight is 406 g/mol. The van der Waals surface area contributed by atoms with E-state index in [2.05, 4.69) is 53.3 Å². The molecule has 1 aliphatic rings. The number of hydrogen-bond donors (Lipinski definition) is 2. The van der Waals surface area contributed by atoms with Crippen molar-refractivity contribution in [3.8, 4) is 0 Å². The third-order valence-electron chi connectivity index (χ3n) is 4.48. The van der Waals surface area contributed by atoms with E-state index in [0.717, 1.165) is 58.8 Å². The Morgan fingerprint density at radius 1 is 1.03 bits per heavy atom. The molecular weight excluding hydrogens is 362 g/mol. The van der Waals surface area contributed by atoms with Crippen LogP contribution in [0.3, 0.4) is 0 Å². The molecule has 5 nitrogen and oxygen atoms in total. The molecule has 0 unspecified atom stereocenters. The van der Waals surface area contributed by atoms with E-state index in [1.54, 1.807) is 0 Å². The van der Waals surface area contributed by atoms with E-state index >= 15 is 0 Å². The summed E-state index contributed by atoms with van der Waals surface area (Å²) < 4.78 is 0. The summed E-state index contributed by atoms with van der Waals surface area (Å²) in [6.07, 6.45) is 25.8. The average Bonchev–Trinajstić information content (AvgIpc) is 3.12. The molecule has 29 heavy (non-hydrogen) atoms. The molecule has 5 heteroatoms. The van der Waals surface area contributed by atoms with Crippen LogP contribution < -0.4 is 5.73 Å². The lowest BCUT2D eigenvalue weighted by Gasteiger charge is -2.19. The quantitative estimate of drug-likeness (QED) is 0.285. The predicted octanol–water partition coefficient (Wildman–Crippen LogP) is 5.34. The molecule has 0 saturated heterocycles. The summed E-state index contributed by atoms with van der Waals surface area (Å²) in [6, 6.07) is 0. The van der Waals surface area contributed by atoms with E-state index in [9.17, 15) is 0 Å². The molecule has 3 N–H and O–H groups in total. The first-order valence-electron chi connectivity index (χ1n) is 11.2. The van der Waals surface area contributed by atoms with E-state index in [4.69, 9.17) is 15.6 Å². The van der Waals surface area contributed by atoms with Gasteiger partial charge < -0.3 is 15.7 Å². The molecular formula is C24H43N3O2. The summed E-state index contributed by atoms with van der Waals surface area (Å²) in [6.45, 7) is 6.99. The second-order valence-electron chi connectivity index (χ2n) is 7.19. The van der Waals surface area contributed by atoms with Gasteiger partial charge in [-0.05, 0) is 38.5 Å². The van der Waals surface area contributed by atoms with Gasteiger partial charge in [0.15, 0.2) is 0 Å². The van der Waals surface area contributed by atoms with Gasteiger partial charge in [0.1, 0.15) is 0 Å². The van der Waals surface area contributed by atoms with Gasteiger partial charge in [0.25, 0.3) is 5.97 Å². The van der Waals surface area contributed by atoms with Crippen LogP contribution in [0.1, 0.15) is 78.1 Å². The zero-order chi connectivity index (χ0) is 21.6. The maximum absolute atomic E-state index is 9.00. The van der Waals surface area contributed by atoms with Crippen LogP contribution in [0, 0.1) is 0 Å². The second kappa shape index (κ2) is 20.8. The van der Waals surface area contributed by atoms with Crippen molar-refractivity contribution in [3.05, 3.63) is 36.5 Å². The number of allylic oxidation sites excluding steroid dienone is 6. The SMILES string of the molecule is CC(=O)O.CCC=CCC=CCC=CCCCCCCCC1=NCCN1CCN. The molecule has 0 aromatic heterocycles. The van der Waals surface area contributed by atoms with Crippen molar-refractivity contribution in [3.63, 3.8) is 0 Å². The van der Waals surface area contributed by atoms with Crippen molar-refractivity contribution in [2.24, 2.45) is 10.7 Å². The number of carboxylic acids is 1. The fraction of sp³-hybridized carbons (Fsp3) is 0.667. The predicted molar refractivity (Wildman–Crippen MR) is 126 cm³/mol. The number of carbonyl (C=O) groups is 1. The molecule has 0 amide bonds. The van der Waals surface area contributed by atoms with E-state index in [0.29, 0.717) is 0 Å². The molecule has 0 aromatic rings. The largest absolute Gasteiger partial charge is 0.481 e. The summed E-state index contributed by atoms with van der Waals surface area (Å²) in [5, 5.41) is 7.42. The monoisotopic (exact) mass is 405 g/mol. The third kappa shape index (κ3) is 19.2. The number of amidine groups is 1. The summed E-state index contributed by atoms with van der Waals surface area (Å²) >= 11 is 0. The summed E-state index contributed by atoms with van der Waals surface area (Å²) in [4.78, 5) is 16.0. The molecule has 166 valence electrons. The van der Waals surface area contributed by atoms with Gasteiger partial charge >= 0.3 is 0 Å². The minimum Gasteiger partial charge on any atom is -0.481 e. The molecule has 1 heterocycles. The number of carboxylic acid groups (broad SMARTS) is 1. The number of rotatable bonds is 15. The molecule has 0 saturated carbocycles. The minimum absolute atomic E-state index is 0.734. The van der Waals surface area contributed by atoms with E-state index in [-0.39, 0.29) is 0 Å². The lowest BCUT2D eigenvalue weighted by atomic mass is 10.1. The first-order valence-corrected chi connectivity index (χ1v) is 11.2. The molecule has 0 radical (unpaired) electrons.